The molecule has 2 aliphatic rings. The van der Waals surface area contributed by atoms with Crippen molar-refractivity contribution in [3.8, 4) is 0 Å². The molecule has 0 saturated heterocycles. The Labute approximate surface area is 172 Å². The summed E-state index contributed by atoms with van der Waals surface area (Å²) in [5.74, 6) is 6.19. The topological polar surface area (TPSA) is 0 Å². The van der Waals surface area contributed by atoms with Gasteiger partial charge in [-0.25, -0.2) is 0 Å². The highest BCUT2D eigenvalue weighted by atomic mass is 14.8. The standard InChI is InChI=1S/C27H50/c1-11-19(4)14-20(5)15-21(6)16-24-17-23(8)25-26(9,27(24,25)10)13-12-22(7)18(2)3/h19-25H,2,11-17H2,1,3-10H3. The van der Waals surface area contributed by atoms with Crippen molar-refractivity contribution < 1.29 is 0 Å². The van der Waals surface area contributed by atoms with Crippen LogP contribution in [0.1, 0.15) is 107 Å². The Hall–Kier alpha value is -0.260. The van der Waals surface area contributed by atoms with E-state index in [-0.39, 0.29) is 0 Å². The van der Waals surface area contributed by atoms with Crippen LogP contribution in [0.15, 0.2) is 12.2 Å². The molecule has 2 saturated carbocycles. The summed E-state index contributed by atoms with van der Waals surface area (Å²) in [5.41, 5.74) is 2.55. The maximum atomic E-state index is 4.19. The van der Waals surface area contributed by atoms with Crippen molar-refractivity contribution in [3.63, 3.8) is 0 Å². The van der Waals surface area contributed by atoms with Crippen molar-refractivity contribution in [1.29, 1.82) is 0 Å². The van der Waals surface area contributed by atoms with E-state index in [0.717, 1.165) is 35.5 Å². The van der Waals surface area contributed by atoms with Crippen LogP contribution < -0.4 is 0 Å². The number of hydrogen-bond acceptors (Lipinski definition) is 0. The fraction of sp³-hybridized carbons (Fsp3) is 0.926. The molecule has 2 fully saturated rings. The fourth-order valence-electron chi connectivity index (χ4n) is 7.46. The first kappa shape index (κ1) is 23.0. The van der Waals surface area contributed by atoms with E-state index in [1.807, 2.05) is 0 Å². The molecular formula is C27H50. The molecule has 0 amide bonds. The number of rotatable bonds is 11. The Morgan fingerprint density at radius 1 is 1.04 bits per heavy atom. The zero-order valence-corrected chi connectivity index (χ0v) is 20.2. The van der Waals surface area contributed by atoms with Gasteiger partial charge in [-0.15, -0.1) is 0 Å². The van der Waals surface area contributed by atoms with Crippen molar-refractivity contribution in [2.24, 2.45) is 52.3 Å². The minimum absolute atomic E-state index is 0.584. The highest BCUT2D eigenvalue weighted by Gasteiger charge is 2.76. The van der Waals surface area contributed by atoms with E-state index in [4.69, 9.17) is 0 Å². The van der Waals surface area contributed by atoms with Gasteiger partial charge in [0.25, 0.3) is 0 Å². The first-order chi connectivity index (χ1) is 12.5. The predicted octanol–water partition coefficient (Wildman–Crippen LogP) is 8.77. The molecule has 0 heteroatoms. The summed E-state index contributed by atoms with van der Waals surface area (Å²) in [5, 5.41) is 0. The lowest BCUT2D eigenvalue weighted by Crippen LogP contribution is -2.23. The SMILES string of the molecule is C=C(C)C(C)CCC1(C)C2C(C)CC(CC(C)CC(C)CC(C)CC)C21C. The molecule has 0 spiro atoms. The third-order valence-electron chi connectivity index (χ3n) is 9.48. The lowest BCUT2D eigenvalue weighted by atomic mass is 9.73. The Morgan fingerprint density at radius 3 is 2.19 bits per heavy atom. The summed E-state index contributed by atoms with van der Waals surface area (Å²) in [6.45, 7) is 26.4. The molecular weight excluding hydrogens is 324 g/mol. The molecule has 0 aromatic carbocycles. The average molecular weight is 375 g/mol. The lowest BCUT2D eigenvalue weighted by Gasteiger charge is -2.32. The summed E-state index contributed by atoms with van der Waals surface area (Å²) < 4.78 is 0. The van der Waals surface area contributed by atoms with Gasteiger partial charge in [-0.1, -0.05) is 74.0 Å². The second-order valence-electron chi connectivity index (χ2n) is 11.8. The highest BCUT2D eigenvalue weighted by Crippen LogP contribution is 2.82. The van der Waals surface area contributed by atoms with Gasteiger partial charge >= 0.3 is 0 Å². The summed E-state index contributed by atoms with van der Waals surface area (Å²) in [4.78, 5) is 0. The smallest absolute Gasteiger partial charge is 0.0204 e. The molecule has 0 aromatic heterocycles. The largest absolute Gasteiger partial charge is 0.0999 e. The Balaban J connectivity index is 1.93. The predicted molar refractivity (Wildman–Crippen MR) is 122 cm³/mol. The highest BCUT2D eigenvalue weighted by molar-refractivity contribution is 5.24. The molecule has 0 radical (unpaired) electrons. The summed E-state index contributed by atoms with van der Waals surface area (Å²) in [7, 11) is 0. The number of allylic oxidation sites excluding steroid dienone is 1. The average Bonchev–Trinajstić information content (AvgIpc) is 2.95. The van der Waals surface area contributed by atoms with Crippen molar-refractivity contribution in [2.45, 2.75) is 107 Å². The van der Waals surface area contributed by atoms with Crippen molar-refractivity contribution in [1.82, 2.24) is 0 Å². The normalized spacial score (nSPS) is 39.5. The number of hydrogen-bond donors (Lipinski definition) is 0. The third-order valence-corrected chi connectivity index (χ3v) is 9.48. The van der Waals surface area contributed by atoms with E-state index in [2.05, 4.69) is 68.9 Å². The third kappa shape index (κ3) is 4.51. The van der Waals surface area contributed by atoms with Gasteiger partial charge in [-0.2, -0.15) is 0 Å². The van der Waals surface area contributed by atoms with Crippen LogP contribution in [-0.4, -0.2) is 0 Å². The van der Waals surface area contributed by atoms with Crippen LogP contribution in [0.25, 0.3) is 0 Å². The molecule has 9 atom stereocenters. The van der Waals surface area contributed by atoms with Gasteiger partial charge in [-0.3, -0.25) is 0 Å². The maximum absolute atomic E-state index is 4.19. The molecule has 0 N–H and O–H groups in total. The zero-order chi connectivity index (χ0) is 20.6. The van der Waals surface area contributed by atoms with E-state index in [1.54, 1.807) is 0 Å². The second-order valence-corrected chi connectivity index (χ2v) is 11.8. The van der Waals surface area contributed by atoms with Crippen molar-refractivity contribution in [2.75, 3.05) is 0 Å². The molecule has 9 unspecified atom stereocenters. The molecule has 0 bridgehead atoms. The Kier molecular flexibility index (Phi) is 7.35. The number of fused-ring (bicyclic) bond motifs is 1. The van der Waals surface area contributed by atoms with Crippen LogP contribution in [0.5, 0.6) is 0 Å². The first-order valence-corrected chi connectivity index (χ1v) is 12.1. The van der Waals surface area contributed by atoms with Crippen LogP contribution in [0.4, 0.5) is 0 Å². The Morgan fingerprint density at radius 2 is 1.63 bits per heavy atom. The van der Waals surface area contributed by atoms with E-state index in [1.165, 1.54) is 50.5 Å². The van der Waals surface area contributed by atoms with Crippen LogP contribution in [0, 0.1) is 52.3 Å². The quantitative estimate of drug-likeness (QED) is 0.317. The Bertz CT molecular complexity index is 504. The van der Waals surface area contributed by atoms with E-state index < -0.39 is 0 Å². The maximum Gasteiger partial charge on any atom is -0.0204 e. The summed E-state index contributed by atoms with van der Waals surface area (Å²) in [6, 6.07) is 0. The van der Waals surface area contributed by atoms with Gasteiger partial charge in [-0.05, 0) is 97.7 Å². The molecule has 158 valence electrons. The van der Waals surface area contributed by atoms with Gasteiger partial charge in [0.2, 0.25) is 0 Å². The van der Waals surface area contributed by atoms with Crippen molar-refractivity contribution >= 4 is 0 Å². The van der Waals surface area contributed by atoms with Crippen LogP contribution in [0.2, 0.25) is 0 Å². The summed E-state index contributed by atoms with van der Waals surface area (Å²) >= 11 is 0. The van der Waals surface area contributed by atoms with Gasteiger partial charge in [0, 0.05) is 0 Å². The van der Waals surface area contributed by atoms with Crippen LogP contribution in [-0.2, 0) is 0 Å². The summed E-state index contributed by atoms with van der Waals surface area (Å²) in [6.07, 6.45) is 9.86. The van der Waals surface area contributed by atoms with Gasteiger partial charge < -0.3 is 0 Å². The fourth-order valence-corrected chi connectivity index (χ4v) is 7.46. The molecule has 0 nitrogen and oxygen atoms in total. The van der Waals surface area contributed by atoms with Gasteiger partial charge in [0.1, 0.15) is 0 Å². The molecule has 2 rings (SSSR count). The minimum Gasteiger partial charge on any atom is -0.0999 e. The zero-order valence-electron chi connectivity index (χ0n) is 20.2. The molecule has 0 aliphatic heterocycles. The van der Waals surface area contributed by atoms with Gasteiger partial charge in [0.05, 0.1) is 0 Å². The van der Waals surface area contributed by atoms with Crippen molar-refractivity contribution in [3.05, 3.63) is 12.2 Å². The molecule has 2 aliphatic carbocycles. The second kappa shape index (κ2) is 8.62. The lowest BCUT2D eigenvalue weighted by molar-refractivity contribution is 0.180. The van der Waals surface area contributed by atoms with E-state index in [9.17, 15) is 0 Å². The van der Waals surface area contributed by atoms with E-state index >= 15 is 0 Å². The van der Waals surface area contributed by atoms with E-state index in [0.29, 0.717) is 16.7 Å². The van der Waals surface area contributed by atoms with Crippen LogP contribution in [0.3, 0.4) is 0 Å². The molecule has 0 aromatic rings. The monoisotopic (exact) mass is 374 g/mol. The van der Waals surface area contributed by atoms with Gasteiger partial charge in [0.15, 0.2) is 0 Å². The minimum atomic E-state index is 0.584. The first-order valence-electron chi connectivity index (χ1n) is 12.1. The molecule has 27 heavy (non-hydrogen) atoms. The molecule has 0 heterocycles. The van der Waals surface area contributed by atoms with Crippen LogP contribution >= 0.6 is 0 Å².